The Labute approximate surface area is 145 Å². The van der Waals surface area contributed by atoms with Crippen molar-refractivity contribution in [2.75, 3.05) is 5.32 Å². The van der Waals surface area contributed by atoms with Crippen LogP contribution in [-0.2, 0) is 11.3 Å². The Morgan fingerprint density at radius 2 is 1.88 bits per heavy atom. The number of amides is 1. The Hall–Kier alpha value is -2.50. The second-order valence-electron chi connectivity index (χ2n) is 5.54. The maximum Gasteiger partial charge on any atom is 0.247 e. The van der Waals surface area contributed by atoms with E-state index in [4.69, 9.17) is 0 Å². The Morgan fingerprint density at radius 1 is 1.12 bits per heavy atom. The van der Waals surface area contributed by atoms with Crippen molar-refractivity contribution in [3.8, 4) is 0 Å². The van der Waals surface area contributed by atoms with Crippen molar-refractivity contribution < 1.29 is 4.79 Å². The topological polar surface area (TPSA) is 54.0 Å². The fourth-order valence-corrected chi connectivity index (χ4v) is 2.93. The SMILES string of the molecule is Cc1ccc(CN[C@@H](C(=O)Nc2nccs2)c2ccccc2)cc1. The minimum absolute atomic E-state index is 0.108. The summed E-state index contributed by atoms with van der Waals surface area (Å²) >= 11 is 1.41. The van der Waals surface area contributed by atoms with Crippen LogP contribution >= 0.6 is 11.3 Å². The Morgan fingerprint density at radius 3 is 2.54 bits per heavy atom. The van der Waals surface area contributed by atoms with Gasteiger partial charge >= 0.3 is 0 Å². The summed E-state index contributed by atoms with van der Waals surface area (Å²) in [4.78, 5) is 16.8. The second kappa shape index (κ2) is 7.86. The fraction of sp³-hybridized carbons (Fsp3) is 0.158. The van der Waals surface area contributed by atoms with Crippen molar-refractivity contribution in [1.82, 2.24) is 10.3 Å². The van der Waals surface area contributed by atoms with Gasteiger partial charge in [-0.2, -0.15) is 0 Å². The zero-order valence-electron chi connectivity index (χ0n) is 13.4. The number of carbonyl (C=O) groups is 1. The zero-order chi connectivity index (χ0) is 16.8. The molecule has 3 rings (SSSR count). The molecular weight excluding hydrogens is 318 g/mol. The average molecular weight is 337 g/mol. The lowest BCUT2D eigenvalue weighted by atomic mass is 10.1. The molecular formula is C19H19N3OS. The third kappa shape index (κ3) is 4.28. The third-order valence-corrected chi connectivity index (χ3v) is 4.38. The summed E-state index contributed by atoms with van der Waals surface area (Å²) in [6.45, 7) is 2.68. The van der Waals surface area contributed by atoms with E-state index in [1.807, 2.05) is 35.7 Å². The van der Waals surface area contributed by atoms with Gasteiger partial charge in [-0.15, -0.1) is 11.3 Å². The lowest BCUT2D eigenvalue weighted by Gasteiger charge is -2.18. The number of thiazole rings is 1. The molecule has 0 aliphatic rings. The molecule has 1 aromatic heterocycles. The standard InChI is InChI=1S/C19H19N3OS/c1-14-7-9-15(10-8-14)13-21-17(16-5-3-2-4-6-16)18(23)22-19-20-11-12-24-19/h2-12,17,21H,13H2,1H3,(H,20,22,23)/t17-/m1/s1. The summed E-state index contributed by atoms with van der Waals surface area (Å²) < 4.78 is 0. The van der Waals surface area contributed by atoms with Crippen LogP contribution in [0.3, 0.4) is 0 Å². The van der Waals surface area contributed by atoms with Gasteiger partial charge in [0, 0.05) is 18.1 Å². The number of hydrogen-bond acceptors (Lipinski definition) is 4. The number of nitrogens with zero attached hydrogens (tertiary/aromatic N) is 1. The molecule has 4 nitrogen and oxygen atoms in total. The minimum Gasteiger partial charge on any atom is -0.300 e. The van der Waals surface area contributed by atoms with Gasteiger partial charge in [0.05, 0.1) is 0 Å². The van der Waals surface area contributed by atoms with E-state index in [2.05, 4.69) is 46.8 Å². The first-order valence-electron chi connectivity index (χ1n) is 7.76. The van der Waals surface area contributed by atoms with Crippen molar-refractivity contribution in [2.24, 2.45) is 0 Å². The van der Waals surface area contributed by atoms with Crippen LogP contribution in [0.15, 0.2) is 66.2 Å². The van der Waals surface area contributed by atoms with Crippen molar-refractivity contribution in [3.05, 3.63) is 82.9 Å². The van der Waals surface area contributed by atoms with Crippen LogP contribution in [-0.4, -0.2) is 10.9 Å². The molecule has 0 fully saturated rings. The Balaban J connectivity index is 1.74. The molecule has 2 N–H and O–H groups in total. The number of anilines is 1. The highest BCUT2D eigenvalue weighted by Crippen LogP contribution is 2.18. The lowest BCUT2D eigenvalue weighted by molar-refractivity contribution is -0.118. The van der Waals surface area contributed by atoms with Crippen LogP contribution in [0.2, 0.25) is 0 Å². The summed E-state index contributed by atoms with van der Waals surface area (Å²) in [5.41, 5.74) is 3.29. The highest BCUT2D eigenvalue weighted by molar-refractivity contribution is 7.13. The molecule has 24 heavy (non-hydrogen) atoms. The molecule has 0 radical (unpaired) electrons. The van der Waals surface area contributed by atoms with E-state index >= 15 is 0 Å². The number of rotatable bonds is 6. The number of hydrogen-bond donors (Lipinski definition) is 2. The highest BCUT2D eigenvalue weighted by Gasteiger charge is 2.20. The van der Waals surface area contributed by atoms with Crippen LogP contribution in [0.25, 0.3) is 0 Å². The smallest absolute Gasteiger partial charge is 0.247 e. The van der Waals surface area contributed by atoms with Gasteiger partial charge in [-0.05, 0) is 18.1 Å². The normalized spacial score (nSPS) is 11.9. The van der Waals surface area contributed by atoms with Gasteiger partial charge in [0.2, 0.25) is 5.91 Å². The highest BCUT2D eigenvalue weighted by atomic mass is 32.1. The first-order chi connectivity index (χ1) is 11.7. The molecule has 0 saturated heterocycles. The second-order valence-corrected chi connectivity index (χ2v) is 6.43. The maximum absolute atomic E-state index is 12.7. The minimum atomic E-state index is -0.434. The summed E-state index contributed by atoms with van der Waals surface area (Å²) in [6.07, 6.45) is 1.68. The molecule has 5 heteroatoms. The molecule has 0 saturated carbocycles. The van der Waals surface area contributed by atoms with E-state index in [1.54, 1.807) is 6.20 Å². The predicted octanol–water partition coefficient (Wildman–Crippen LogP) is 3.92. The van der Waals surface area contributed by atoms with Crippen molar-refractivity contribution in [3.63, 3.8) is 0 Å². The summed E-state index contributed by atoms with van der Waals surface area (Å²) in [5, 5.41) is 8.67. The van der Waals surface area contributed by atoms with Crippen molar-refractivity contribution in [2.45, 2.75) is 19.5 Å². The monoisotopic (exact) mass is 337 g/mol. The van der Waals surface area contributed by atoms with Crippen LogP contribution in [0.1, 0.15) is 22.7 Å². The number of aryl methyl sites for hydroxylation is 1. The summed E-state index contributed by atoms with van der Waals surface area (Å²) in [5.74, 6) is -0.108. The van der Waals surface area contributed by atoms with Gasteiger partial charge < -0.3 is 5.32 Å². The quantitative estimate of drug-likeness (QED) is 0.717. The molecule has 0 aliphatic carbocycles. The van der Waals surface area contributed by atoms with Gasteiger partial charge in [-0.25, -0.2) is 4.98 Å². The maximum atomic E-state index is 12.7. The molecule has 0 bridgehead atoms. The van der Waals surface area contributed by atoms with E-state index in [-0.39, 0.29) is 5.91 Å². The lowest BCUT2D eigenvalue weighted by Crippen LogP contribution is -2.32. The van der Waals surface area contributed by atoms with Crippen LogP contribution < -0.4 is 10.6 Å². The van der Waals surface area contributed by atoms with Crippen LogP contribution in [0.4, 0.5) is 5.13 Å². The number of nitrogens with one attached hydrogen (secondary N) is 2. The van der Waals surface area contributed by atoms with Gasteiger partial charge in [0.25, 0.3) is 0 Å². The number of aromatic nitrogens is 1. The van der Waals surface area contributed by atoms with Gasteiger partial charge in [-0.1, -0.05) is 60.2 Å². The first kappa shape index (κ1) is 16.4. The zero-order valence-corrected chi connectivity index (χ0v) is 14.2. The number of benzene rings is 2. The largest absolute Gasteiger partial charge is 0.300 e. The van der Waals surface area contributed by atoms with Crippen molar-refractivity contribution >= 4 is 22.4 Å². The van der Waals surface area contributed by atoms with Gasteiger partial charge in [0.15, 0.2) is 5.13 Å². The Bertz CT molecular complexity index is 770. The van der Waals surface area contributed by atoms with Gasteiger partial charge in [0.1, 0.15) is 6.04 Å². The van der Waals surface area contributed by atoms with E-state index < -0.39 is 6.04 Å². The fourth-order valence-electron chi connectivity index (χ4n) is 2.40. The van der Waals surface area contributed by atoms with Crippen LogP contribution in [0.5, 0.6) is 0 Å². The van der Waals surface area contributed by atoms with E-state index in [0.717, 1.165) is 11.1 Å². The van der Waals surface area contributed by atoms with Crippen molar-refractivity contribution in [1.29, 1.82) is 0 Å². The molecule has 1 atom stereocenters. The summed E-state index contributed by atoms with van der Waals surface area (Å²) in [6, 6.07) is 17.6. The van der Waals surface area contributed by atoms with Crippen LogP contribution in [0, 0.1) is 6.92 Å². The average Bonchev–Trinajstić information content (AvgIpc) is 3.11. The molecule has 0 unspecified atom stereocenters. The van der Waals surface area contributed by atoms with E-state index in [1.165, 1.54) is 16.9 Å². The van der Waals surface area contributed by atoms with Gasteiger partial charge in [-0.3, -0.25) is 10.1 Å². The molecule has 122 valence electrons. The molecule has 0 spiro atoms. The van der Waals surface area contributed by atoms with E-state index in [0.29, 0.717) is 11.7 Å². The first-order valence-corrected chi connectivity index (χ1v) is 8.64. The molecule has 1 heterocycles. The summed E-state index contributed by atoms with van der Waals surface area (Å²) in [7, 11) is 0. The Kier molecular flexibility index (Phi) is 5.36. The molecule has 2 aromatic carbocycles. The molecule has 1 amide bonds. The number of carbonyl (C=O) groups excluding carboxylic acids is 1. The third-order valence-electron chi connectivity index (χ3n) is 3.69. The molecule has 0 aliphatic heterocycles. The predicted molar refractivity (Wildman–Crippen MR) is 97.9 cm³/mol. The van der Waals surface area contributed by atoms with E-state index in [9.17, 15) is 4.79 Å². The molecule has 3 aromatic rings.